The molecule has 12 heteroatoms. The average molecular weight is 521 g/mol. The predicted molar refractivity (Wildman–Crippen MR) is 128 cm³/mol. The number of benzene rings is 2. The summed E-state index contributed by atoms with van der Waals surface area (Å²) in [6.45, 7) is 1.20. The summed E-state index contributed by atoms with van der Waals surface area (Å²) in [6, 6.07) is 10.5. The molecule has 2 atom stereocenters. The zero-order valence-corrected chi connectivity index (χ0v) is 20.3. The lowest BCUT2D eigenvalue weighted by Gasteiger charge is -2.21. The summed E-state index contributed by atoms with van der Waals surface area (Å²) >= 11 is 0. The summed E-state index contributed by atoms with van der Waals surface area (Å²) in [5.41, 5.74) is 0.125. The normalized spacial score (nSPS) is 12.9. The highest BCUT2D eigenvalue weighted by molar-refractivity contribution is 7.89. The number of carboxylic acids is 2. The summed E-state index contributed by atoms with van der Waals surface area (Å²) in [6.07, 6.45) is 0.517. The molecule has 0 radical (unpaired) electrons. The van der Waals surface area contributed by atoms with Gasteiger partial charge in [0.25, 0.3) is 0 Å². The number of hydrogen-bond acceptors (Lipinski definition) is 7. The van der Waals surface area contributed by atoms with E-state index in [1.807, 2.05) is 0 Å². The second-order valence-corrected chi connectivity index (χ2v) is 9.88. The number of unbranched alkanes of at least 4 members (excludes halogenated alkanes) is 1. The number of aliphatic carboxylic acids is 1. The second-order valence-electron chi connectivity index (χ2n) is 8.11. The minimum absolute atomic E-state index is 0.00380. The number of hydrogen-bond donors (Lipinski definition) is 5. The highest BCUT2D eigenvalue weighted by Gasteiger charge is 2.26. The van der Waals surface area contributed by atoms with Crippen molar-refractivity contribution in [1.29, 1.82) is 0 Å². The lowest BCUT2D eigenvalue weighted by molar-refractivity contribution is -0.140. The van der Waals surface area contributed by atoms with Gasteiger partial charge in [-0.3, -0.25) is 14.4 Å². The fraction of sp³-hybridized carbons (Fsp3) is 0.333. The smallest absolute Gasteiger partial charge is 0.339 e. The van der Waals surface area contributed by atoms with E-state index in [4.69, 9.17) is 10.2 Å². The van der Waals surface area contributed by atoms with Crippen LogP contribution in [-0.2, 0) is 24.4 Å². The lowest BCUT2D eigenvalue weighted by Crippen LogP contribution is -2.43. The molecule has 1 amide bonds. The number of nitrogens with one attached hydrogen (secondary N) is 2. The summed E-state index contributed by atoms with van der Waals surface area (Å²) in [5, 5.41) is 30.1. The highest BCUT2D eigenvalue weighted by Crippen LogP contribution is 2.24. The van der Waals surface area contributed by atoms with Crippen molar-refractivity contribution < 1.29 is 42.9 Å². The van der Waals surface area contributed by atoms with Crippen molar-refractivity contribution in [3.63, 3.8) is 0 Å². The summed E-state index contributed by atoms with van der Waals surface area (Å²) < 4.78 is 27.3. The minimum atomic E-state index is -4.04. The van der Waals surface area contributed by atoms with E-state index < -0.39 is 63.3 Å². The standard InChI is InChI=1S/C24H28N2O9S/c1-15(27)20(14-22(29)30)26-23(31)18(16-7-3-2-4-8-16)9-5-6-12-25-36(34,35)17-10-11-21(28)19(13-17)24(32)33/h2-4,7-8,10-11,13,18,20,25,28H,5-6,9,12,14H2,1H3,(H,26,31)(H,29,30)(H,32,33)/t18-,20-/m0/s1. The van der Waals surface area contributed by atoms with Crippen LogP contribution < -0.4 is 10.0 Å². The first kappa shape index (κ1) is 28.5. The van der Waals surface area contributed by atoms with Crippen LogP contribution in [0.4, 0.5) is 0 Å². The number of aromatic carboxylic acids is 1. The van der Waals surface area contributed by atoms with E-state index in [1.165, 1.54) is 6.92 Å². The minimum Gasteiger partial charge on any atom is -0.507 e. The van der Waals surface area contributed by atoms with Gasteiger partial charge in [-0.25, -0.2) is 17.9 Å². The van der Waals surface area contributed by atoms with E-state index in [2.05, 4.69) is 10.0 Å². The third-order valence-electron chi connectivity index (χ3n) is 5.42. The van der Waals surface area contributed by atoms with Crippen LogP contribution in [0.1, 0.15) is 54.4 Å². The molecule has 5 N–H and O–H groups in total. The van der Waals surface area contributed by atoms with Crippen LogP contribution in [0.3, 0.4) is 0 Å². The first-order valence-corrected chi connectivity index (χ1v) is 12.5. The number of carbonyl (C=O) groups excluding carboxylic acids is 2. The van der Waals surface area contributed by atoms with E-state index in [0.29, 0.717) is 24.8 Å². The Morgan fingerprint density at radius 1 is 0.972 bits per heavy atom. The van der Waals surface area contributed by atoms with Gasteiger partial charge in [0.2, 0.25) is 15.9 Å². The number of Topliss-reactive ketones (excluding diaryl/α,β-unsaturated/α-hetero) is 1. The van der Waals surface area contributed by atoms with Crippen molar-refractivity contribution in [2.45, 2.75) is 49.5 Å². The SMILES string of the molecule is CC(=O)[C@H](CC(=O)O)NC(=O)[C@@H](CCCCNS(=O)(=O)c1ccc(O)c(C(=O)O)c1)c1ccccc1. The first-order valence-electron chi connectivity index (χ1n) is 11.1. The number of amides is 1. The highest BCUT2D eigenvalue weighted by atomic mass is 32.2. The predicted octanol–water partition coefficient (Wildman–Crippen LogP) is 1.87. The largest absolute Gasteiger partial charge is 0.507 e. The number of sulfonamides is 1. The lowest BCUT2D eigenvalue weighted by atomic mass is 9.92. The number of rotatable bonds is 14. The molecule has 194 valence electrons. The van der Waals surface area contributed by atoms with Crippen LogP contribution in [0.2, 0.25) is 0 Å². The van der Waals surface area contributed by atoms with Crippen molar-refractivity contribution >= 4 is 33.7 Å². The third-order valence-corrected chi connectivity index (χ3v) is 6.88. The molecule has 0 unspecified atom stereocenters. The van der Waals surface area contributed by atoms with Crippen LogP contribution in [0, 0.1) is 0 Å². The van der Waals surface area contributed by atoms with Gasteiger partial charge in [-0.2, -0.15) is 0 Å². The zero-order valence-electron chi connectivity index (χ0n) is 19.5. The van der Waals surface area contributed by atoms with Gasteiger partial charge in [-0.05, 0) is 43.5 Å². The van der Waals surface area contributed by atoms with Gasteiger partial charge in [-0.1, -0.05) is 36.8 Å². The maximum atomic E-state index is 12.9. The number of phenols is 1. The molecule has 0 saturated heterocycles. The Bertz CT molecular complexity index is 1210. The molecule has 0 aromatic heterocycles. The number of carboxylic acid groups (broad SMARTS) is 2. The van der Waals surface area contributed by atoms with Crippen LogP contribution in [0.15, 0.2) is 53.4 Å². The van der Waals surface area contributed by atoms with Crippen molar-refractivity contribution in [2.75, 3.05) is 6.54 Å². The topological polar surface area (TPSA) is 187 Å². The molecule has 36 heavy (non-hydrogen) atoms. The molecule has 0 aliphatic rings. The maximum absolute atomic E-state index is 12.9. The number of ketones is 1. The average Bonchev–Trinajstić information content (AvgIpc) is 2.81. The van der Waals surface area contributed by atoms with Gasteiger partial charge in [0, 0.05) is 6.54 Å². The van der Waals surface area contributed by atoms with Gasteiger partial charge in [0.1, 0.15) is 11.3 Å². The summed E-state index contributed by atoms with van der Waals surface area (Å²) in [4.78, 5) is 46.6. The van der Waals surface area contributed by atoms with Crippen molar-refractivity contribution in [1.82, 2.24) is 10.0 Å². The molecule has 2 aromatic carbocycles. The fourth-order valence-electron chi connectivity index (χ4n) is 3.49. The van der Waals surface area contributed by atoms with Gasteiger partial charge in [-0.15, -0.1) is 0 Å². The maximum Gasteiger partial charge on any atom is 0.339 e. The van der Waals surface area contributed by atoms with Gasteiger partial charge < -0.3 is 20.6 Å². The van der Waals surface area contributed by atoms with Crippen LogP contribution in [0.25, 0.3) is 0 Å². The molecular weight excluding hydrogens is 492 g/mol. The number of carbonyl (C=O) groups is 4. The van der Waals surface area contributed by atoms with Crippen molar-refractivity contribution in [2.24, 2.45) is 0 Å². The van der Waals surface area contributed by atoms with Crippen molar-refractivity contribution in [3.8, 4) is 5.75 Å². The molecule has 11 nitrogen and oxygen atoms in total. The first-order chi connectivity index (χ1) is 16.9. The molecule has 0 spiro atoms. The molecule has 0 bridgehead atoms. The Kier molecular flexibility index (Phi) is 10.1. The van der Waals surface area contributed by atoms with E-state index in [-0.39, 0.29) is 11.4 Å². The second kappa shape index (κ2) is 12.8. The van der Waals surface area contributed by atoms with E-state index in [1.54, 1.807) is 30.3 Å². The van der Waals surface area contributed by atoms with E-state index >= 15 is 0 Å². The van der Waals surface area contributed by atoms with E-state index in [0.717, 1.165) is 18.2 Å². The fourth-order valence-corrected chi connectivity index (χ4v) is 4.59. The monoisotopic (exact) mass is 520 g/mol. The van der Waals surface area contributed by atoms with Gasteiger partial charge >= 0.3 is 11.9 Å². The summed E-state index contributed by atoms with van der Waals surface area (Å²) in [7, 11) is -4.04. The Balaban J connectivity index is 2.02. The van der Waals surface area contributed by atoms with Gasteiger partial charge in [0.15, 0.2) is 5.78 Å². The van der Waals surface area contributed by atoms with Crippen LogP contribution in [0.5, 0.6) is 5.75 Å². The quantitative estimate of drug-likeness (QED) is 0.232. The van der Waals surface area contributed by atoms with Gasteiger partial charge in [0.05, 0.1) is 23.3 Å². The van der Waals surface area contributed by atoms with Crippen LogP contribution in [-0.4, -0.2) is 60.0 Å². The Morgan fingerprint density at radius 2 is 1.64 bits per heavy atom. The molecule has 2 aromatic rings. The Labute approximate surface area is 208 Å². The zero-order chi connectivity index (χ0) is 26.9. The molecule has 0 heterocycles. The number of aromatic hydroxyl groups is 1. The summed E-state index contributed by atoms with van der Waals surface area (Å²) in [5.74, 6) is -4.91. The van der Waals surface area contributed by atoms with E-state index in [9.17, 15) is 32.7 Å². The molecule has 0 aliphatic heterocycles. The molecule has 2 rings (SSSR count). The Hall–Kier alpha value is -3.77. The Morgan fingerprint density at radius 3 is 2.22 bits per heavy atom. The third kappa shape index (κ3) is 8.17. The van der Waals surface area contributed by atoms with Crippen LogP contribution >= 0.6 is 0 Å². The molecule has 0 aliphatic carbocycles. The molecule has 0 saturated carbocycles. The molecular formula is C24H28N2O9S. The van der Waals surface area contributed by atoms with Crippen molar-refractivity contribution in [3.05, 3.63) is 59.7 Å². The molecule has 0 fully saturated rings.